The van der Waals surface area contributed by atoms with Gasteiger partial charge in [-0.05, 0) is 20.8 Å². The lowest BCUT2D eigenvalue weighted by Crippen LogP contribution is -2.16. The predicted octanol–water partition coefficient (Wildman–Crippen LogP) is 3.12. The van der Waals surface area contributed by atoms with Crippen LogP contribution < -0.4 is 0 Å². The minimum Gasteiger partial charge on any atom is -0.498 e. The highest BCUT2D eigenvalue weighted by Crippen LogP contribution is 2.28. The lowest BCUT2D eigenvalue weighted by molar-refractivity contribution is 0.259. The van der Waals surface area contributed by atoms with Crippen LogP contribution in [0.25, 0.3) is 0 Å². The van der Waals surface area contributed by atoms with Gasteiger partial charge in [-0.15, -0.1) is 11.6 Å². The van der Waals surface area contributed by atoms with Crippen LogP contribution in [0.5, 0.6) is 0 Å². The van der Waals surface area contributed by atoms with Crippen molar-refractivity contribution >= 4 is 23.2 Å². The molecule has 0 aromatic heterocycles. The molecule has 3 heteroatoms. The Kier molecular flexibility index (Phi) is 3.54. The van der Waals surface area contributed by atoms with Gasteiger partial charge in [-0.25, -0.2) is 0 Å². The van der Waals surface area contributed by atoms with Gasteiger partial charge in [0.15, 0.2) is 0 Å². The number of halogens is 2. The van der Waals surface area contributed by atoms with Gasteiger partial charge in [0, 0.05) is 0 Å². The van der Waals surface area contributed by atoms with E-state index in [1.54, 1.807) is 14.0 Å². The van der Waals surface area contributed by atoms with Crippen LogP contribution in [0.4, 0.5) is 0 Å². The summed E-state index contributed by atoms with van der Waals surface area (Å²) in [7, 11) is 1.56. The van der Waals surface area contributed by atoms with Gasteiger partial charge in [-0.2, -0.15) is 0 Å². The highest BCUT2D eigenvalue weighted by Gasteiger charge is 2.22. The first-order chi connectivity index (χ1) is 4.39. The monoisotopic (exact) mass is 182 g/mol. The Morgan fingerprint density at radius 1 is 1.40 bits per heavy atom. The Morgan fingerprint density at radius 2 is 1.80 bits per heavy atom. The van der Waals surface area contributed by atoms with E-state index in [4.69, 9.17) is 27.9 Å². The highest BCUT2D eigenvalue weighted by atomic mass is 35.5. The number of alkyl halides is 1. The number of methoxy groups -OCH3 is 1. The Bertz CT molecular complexity index is 140. The zero-order valence-electron chi connectivity index (χ0n) is 6.66. The number of hydrogen-bond acceptors (Lipinski definition) is 1. The molecule has 0 rings (SSSR count). The molecule has 1 nitrogen and oxygen atoms in total. The van der Waals surface area contributed by atoms with Crippen LogP contribution in [0.1, 0.15) is 20.8 Å². The summed E-state index contributed by atoms with van der Waals surface area (Å²) in [5.41, 5.74) is 0. The van der Waals surface area contributed by atoms with Gasteiger partial charge in [0.25, 0.3) is 0 Å². The van der Waals surface area contributed by atoms with Gasteiger partial charge in [-0.1, -0.05) is 11.6 Å². The van der Waals surface area contributed by atoms with E-state index in [0.717, 1.165) is 0 Å². The van der Waals surface area contributed by atoms with Crippen molar-refractivity contribution in [2.45, 2.75) is 25.6 Å². The van der Waals surface area contributed by atoms with Crippen LogP contribution in [0.2, 0.25) is 0 Å². The average Bonchev–Trinajstić information content (AvgIpc) is 1.60. The third-order valence-electron chi connectivity index (χ3n) is 1.06. The summed E-state index contributed by atoms with van der Waals surface area (Å²) in [6.07, 6.45) is 0. The summed E-state index contributed by atoms with van der Waals surface area (Å²) in [5.74, 6) is 0.621. The molecule has 0 atom stereocenters. The zero-order valence-corrected chi connectivity index (χ0v) is 8.18. The van der Waals surface area contributed by atoms with Crippen LogP contribution >= 0.6 is 23.2 Å². The van der Waals surface area contributed by atoms with E-state index in [1.807, 2.05) is 13.8 Å². The zero-order chi connectivity index (χ0) is 8.36. The van der Waals surface area contributed by atoms with Crippen LogP contribution in [-0.2, 0) is 4.74 Å². The molecule has 0 bridgehead atoms. The van der Waals surface area contributed by atoms with Gasteiger partial charge in [0.2, 0.25) is 0 Å². The van der Waals surface area contributed by atoms with Gasteiger partial charge in [-0.3, -0.25) is 0 Å². The van der Waals surface area contributed by atoms with Crippen molar-refractivity contribution in [1.29, 1.82) is 0 Å². The molecule has 0 amide bonds. The van der Waals surface area contributed by atoms with E-state index >= 15 is 0 Å². The summed E-state index contributed by atoms with van der Waals surface area (Å²) in [6, 6.07) is 0. The second kappa shape index (κ2) is 3.49. The highest BCUT2D eigenvalue weighted by molar-refractivity contribution is 6.31. The molecule has 60 valence electrons. The molecule has 0 aliphatic rings. The Labute approximate surface area is 72.0 Å². The predicted molar refractivity (Wildman–Crippen MR) is 45.5 cm³/mol. The van der Waals surface area contributed by atoms with Crippen molar-refractivity contribution in [3.8, 4) is 0 Å². The topological polar surface area (TPSA) is 9.23 Å². The molecule has 0 saturated heterocycles. The lowest BCUT2D eigenvalue weighted by atomic mass is 10.1. The Hall–Kier alpha value is 0.120. The first-order valence-corrected chi connectivity index (χ1v) is 3.75. The second-order valence-corrected chi connectivity index (χ2v) is 4.05. The molecule has 0 unspecified atom stereocenters. The maximum Gasteiger partial charge on any atom is 0.130 e. The molecule has 0 heterocycles. The van der Waals surface area contributed by atoms with E-state index in [9.17, 15) is 0 Å². The minimum atomic E-state index is -0.513. The van der Waals surface area contributed by atoms with Gasteiger partial charge < -0.3 is 4.74 Å². The van der Waals surface area contributed by atoms with Crippen molar-refractivity contribution in [3.63, 3.8) is 0 Å². The molecule has 0 N–H and O–H groups in total. The van der Waals surface area contributed by atoms with Crippen molar-refractivity contribution in [1.82, 2.24) is 0 Å². The fourth-order valence-electron chi connectivity index (χ4n) is 0.793. The molecule has 0 aromatic carbocycles. The summed E-state index contributed by atoms with van der Waals surface area (Å²) in [5, 5.41) is 0.600. The van der Waals surface area contributed by atoms with Crippen LogP contribution in [0.3, 0.4) is 0 Å². The lowest BCUT2D eigenvalue weighted by Gasteiger charge is -2.19. The van der Waals surface area contributed by atoms with Crippen LogP contribution in [-0.4, -0.2) is 12.0 Å². The molecule has 10 heavy (non-hydrogen) atoms. The maximum absolute atomic E-state index is 5.93. The summed E-state index contributed by atoms with van der Waals surface area (Å²) >= 11 is 11.6. The first-order valence-electron chi connectivity index (χ1n) is 2.99. The molecule has 0 radical (unpaired) electrons. The van der Waals surface area contributed by atoms with Crippen molar-refractivity contribution in [3.05, 3.63) is 10.8 Å². The van der Waals surface area contributed by atoms with Gasteiger partial charge in [0.05, 0.1) is 17.0 Å². The van der Waals surface area contributed by atoms with Crippen molar-refractivity contribution < 1.29 is 4.74 Å². The van der Waals surface area contributed by atoms with Crippen LogP contribution in [0.15, 0.2) is 10.8 Å². The van der Waals surface area contributed by atoms with Crippen molar-refractivity contribution in [2.75, 3.05) is 7.11 Å². The molecule has 0 spiro atoms. The summed E-state index contributed by atoms with van der Waals surface area (Å²) in [4.78, 5) is -0.513. The maximum atomic E-state index is 5.93. The minimum absolute atomic E-state index is 0.513. The molecule has 0 aliphatic carbocycles. The molecule has 0 saturated carbocycles. The molecule has 0 fully saturated rings. The second-order valence-electron chi connectivity index (χ2n) is 2.54. The van der Waals surface area contributed by atoms with E-state index < -0.39 is 4.87 Å². The van der Waals surface area contributed by atoms with E-state index in [1.165, 1.54) is 0 Å². The van der Waals surface area contributed by atoms with E-state index in [2.05, 4.69) is 0 Å². The average molecular weight is 183 g/mol. The molecular weight excluding hydrogens is 171 g/mol. The largest absolute Gasteiger partial charge is 0.498 e. The Balaban J connectivity index is 4.55. The van der Waals surface area contributed by atoms with Crippen LogP contribution in [0, 0.1) is 0 Å². The quantitative estimate of drug-likeness (QED) is 0.472. The third kappa shape index (κ3) is 2.80. The smallest absolute Gasteiger partial charge is 0.130 e. The fourth-order valence-corrected chi connectivity index (χ4v) is 1.37. The van der Waals surface area contributed by atoms with Gasteiger partial charge >= 0.3 is 0 Å². The Morgan fingerprint density at radius 3 is 1.80 bits per heavy atom. The number of rotatable bonds is 2. The molecule has 0 aromatic rings. The van der Waals surface area contributed by atoms with Gasteiger partial charge in [0.1, 0.15) is 5.76 Å². The third-order valence-corrected chi connectivity index (χ3v) is 1.40. The van der Waals surface area contributed by atoms with Crippen molar-refractivity contribution in [2.24, 2.45) is 0 Å². The number of hydrogen-bond donors (Lipinski definition) is 0. The number of allylic oxidation sites excluding steroid dienone is 2. The standard InChI is InChI=1S/C7H12Cl2O/c1-5(8)6(10-4)7(2,3)9/h1-4H3/b6-5+. The summed E-state index contributed by atoms with van der Waals surface area (Å²) < 4.78 is 4.99. The first kappa shape index (κ1) is 10.1. The molecule has 0 aliphatic heterocycles. The SMILES string of the molecule is CO/C(=C(\C)Cl)C(C)(C)Cl. The van der Waals surface area contributed by atoms with E-state index in [0.29, 0.717) is 10.8 Å². The summed E-state index contributed by atoms with van der Waals surface area (Å²) in [6.45, 7) is 5.42. The van der Waals surface area contributed by atoms with E-state index in [-0.39, 0.29) is 0 Å². The number of ether oxygens (including phenoxy) is 1. The molecular formula is C7H12Cl2O. The normalized spacial score (nSPS) is 14.6. The fraction of sp³-hybridized carbons (Fsp3) is 0.714.